The van der Waals surface area contributed by atoms with Crippen LogP contribution in [0.1, 0.15) is 11.1 Å². The number of nitrogens with zero attached hydrogens (tertiary/aromatic N) is 1. The van der Waals surface area contributed by atoms with E-state index in [1.54, 1.807) is 0 Å². The van der Waals surface area contributed by atoms with E-state index < -0.39 is 21.7 Å². The van der Waals surface area contributed by atoms with Gasteiger partial charge >= 0.3 is 6.18 Å². The number of rotatable bonds is 2. The lowest BCUT2D eigenvalue weighted by atomic mass is 10.1. The van der Waals surface area contributed by atoms with Crippen molar-refractivity contribution in [3.63, 3.8) is 0 Å². The highest BCUT2D eigenvalue weighted by molar-refractivity contribution is 6.31. The van der Waals surface area contributed by atoms with E-state index >= 15 is 0 Å². The van der Waals surface area contributed by atoms with Gasteiger partial charge in [-0.25, -0.2) is 0 Å². The van der Waals surface area contributed by atoms with Gasteiger partial charge in [0.15, 0.2) is 0 Å². The molecule has 0 spiro atoms. The zero-order chi connectivity index (χ0) is 12.3. The summed E-state index contributed by atoms with van der Waals surface area (Å²) in [5.41, 5.74) is -0.734. The Morgan fingerprint density at radius 3 is 2.44 bits per heavy atom. The van der Waals surface area contributed by atoms with Gasteiger partial charge in [0, 0.05) is 6.08 Å². The van der Waals surface area contributed by atoms with Crippen molar-refractivity contribution < 1.29 is 18.1 Å². The molecular weight excluding hydrogens is 247 g/mol. The van der Waals surface area contributed by atoms with Gasteiger partial charge in [-0.2, -0.15) is 13.2 Å². The molecule has 7 heteroatoms. The zero-order valence-electron chi connectivity index (χ0n) is 7.66. The molecule has 0 atom stereocenters. The first-order chi connectivity index (χ1) is 7.30. The number of alkyl halides is 3. The molecule has 0 aliphatic heterocycles. The average molecular weight is 252 g/mol. The third-order valence-electron chi connectivity index (χ3n) is 1.69. The van der Waals surface area contributed by atoms with Gasteiger partial charge in [0.05, 0.1) is 15.5 Å². The van der Waals surface area contributed by atoms with Crippen LogP contribution in [0.5, 0.6) is 0 Å². The Balaban J connectivity index is 3.05. The highest BCUT2D eigenvalue weighted by Gasteiger charge is 2.32. The first kappa shape index (κ1) is 12.5. The van der Waals surface area contributed by atoms with Crippen molar-refractivity contribution in [2.75, 3.05) is 0 Å². The smallest absolute Gasteiger partial charge is 0.259 e. The average Bonchev–Trinajstić information content (AvgIpc) is 2.12. The molecule has 1 rings (SSSR count). The molecule has 0 unspecified atom stereocenters. The van der Waals surface area contributed by atoms with E-state index in [4.69, 9.17) is 11.6 Å². The SMILES string of the molecule is O=[N+]([O-])/C=C/c1ccc(C(F)(F)F)c(Cl)c1. The van der Waals surface area contributed by atoms with E-state index in [1.165, 1.54) is 0 Å². The van der Waals surface area contributed by atoms with Crippen molar-refractivity contribution in [2.24, 2.45) is 0 Å². The lowest BCUT2D eigenvalue weighted by Crippen LogP contribution is -2.05. The van der Waals surface area contributed by atoms with Crippen LogP contribution in [0.3, 0.4) is 0 Å². The van der Waals surface area contributed by atoms with Crippen molar-refractivity contribution in [3.05, 3.63) is 50.7 Å². The summed E-state index contributed by atoms with van der Waals surface area (Å²) in [4.78, 5) is 9.27. The molecule has 0 fully saturated rings. The molecule has 3 nitrogen and oxygen atoms in total. The predicted molar refractivity (Wildman–Crippen MR) is 52.5 cm³/mol. The van der Waals surface area contributed by atoms with Crippen molar-refractivity contribution in [1.29, 1.82) is 0 Å². The molecular formula is C9H5ClF3NO2. The van der Waals surface area contributed by atoms with Gasteiger partial charge in [0.2, 0.25) is 6.20 Å². The molecule has 0 saturated heterocycles. The highest BCUT2D eigenvalue weighted by Crippen LogP contribution is 2.35. The van der Waals surface area contributed by atoms with Crippen molar-refractivity contribution in [3.8, 4) is 0 Å². The maximum absolute atomic E-state index is 12.3. The maximum atomic E-state index is 12.3. The van der Waals surface area contributed by atoms with Gasteiger partial charge in [0.25, 0.3) is 0 Å². The minimum atomic E-state index is -4.53. The summed E-state index contributed by atoms with van der Waals surface area (Å²) < 4.78 is 36.9. The maximum Gasteiger partial charge on any atom is 0.417 e. The Morgan fingerprint density at radius 1 is 1.38 bits per heavy atom. The molecule has 0 amide bonds. The second kappa shape index (κ2) is 4.52. The highest BCUT2D eigenvalue weighted by atomic mass is 35.5. The van der Waals surface area contributed by atoms with Gasteiger partial charge in [-0.3, -0.25) is 10.1 Å². The number of hydrogen-bond acceptors (Lipinski definition) is 2. The van der Waals surface area contributed by atoms with E-state index in [0.717, 1.165) is 24.3 Å². The van der Waals surface area contributed by atoms with E-state index in [2.05, 4.69) is 0 Å². The minimum Gasteiger partial charge on any atom is -0.259 e. The third-order valence-corrected chi connectivity index (χ3v) is 2.00. The third kappa shape index (κ3) is 3.23. The standard InChI is InChI=1S/C9H5ClF3NO2/c10-8-5-6(3-4-14(15)16)1-2-7(8)9(11,12)13/h1-5H/b4-3+. The number of hydrogen-bond donors (Lipinski definition) is 0. The summed E-state index contributed by atoms with van der Waals surface area (Å²) in [6.45, 7) is 0. The van der Waals surface area contributed by atoms with E-state index in [0.29, 0.717) is 6.20 Å². The van der Waals surface area contributed by atoms with E-state index in [9.17, 15) is 23.3 Å². The molecule has 0 heterocycles. The number of halogens is 4. The molecule has 0 radical (unpaired) electrons. The Morgan fingerprint density at radius 2 is 2.00 bits per heavy atom. The largest absolute Gasteiger partial charge is 0.417 e. The fraction of sp³-hybridized carbons (Fsp3) is 0.111. The van der Waals surface area contributed by atoms with Gasteiger partial charge in [-0.1, -0.05) is 17.7 Å². The van der Waals surface area contributed by atoms with Crippen molar-refractivity contribution in [2.45, 2.75) is 6.18 Å². The second-order valence-corrected chi connectivity index (χ2v) is 3.25. The molecule has 1 aromatic carbocycles. The fourth-order valence-electron chi connectivity index (χ4n) is 1.01. The normalized spacial score (nSPS) is 12.0. The first-order valence-corrected chi connectivity index (χ1v) is 4.37. The van der Waals surface area contributed by atoms with Crippen LogP contribution in [0.25, 0.3) is 6.08 Å². The van der Waals surface area contributed by atoms with Crippen LogP contribution >= 0.6 is 11.6 Å². The minimum absolute atomic E-state index is 0.231. The molecule has 0 saturated carbocycles. The fourth-order valence-corrected chi connectivity index (χ4v) is 1.31. The molecule has 0 aliphatic carbocycles. The lowest BCUT2D eigenvalue weighted by molar-refractivity contribution is -0.400. The number of nitro groups is 1. The Bertz CT molecular complexity index is 443. The van der Waals surface area contributed by atoms with Gasteiger partial charge in [-0.05, 0) is 17.7 Å². The summed E-state index contributed by atoms with van der Waals surface area (Å²) in [5.74, 6) is 0. The Hall–Kier alpha value is -1.56. The molecule has 0 N–H and O–H groups in total. The number of benzene rings is 1. The van der Waals surface area contributed by atoms with Crippen molar-refractivity contribution in [1.82, 2.24) is 0 Å². The summed E-state index contributed by atoms with van der Waals surface area (Å²) in [6, 6.07) is 2.90. The van der Waals surface area contributed by atoms with E-state index in [1.807, 2.05) is 0 Å². The van der Waals surface area contributed by atoms with Crippen LogP contribution in [0, 0.1) is 10.1 Å². The van der Waals surface area contributed by atoms with Crippen LogP contribution in [-0.2, 0) is 6.18 Å². The summed E-state index contributed by atoms with van der Waals surface area (Å²) in [7, 11) is 0. The summed E-state index contributed by atoms with van der Waals surface area (Å²) >= 11 is 5.41. The lowest BCUT2D eigenvalue weighted by Gasteiger charge is -2.08. The molecule has 16 heavy (non-hydrogen) atoms. The van der Waals surface area contributed by atoms with Crippen LogP contribution in [0.15, 0.2) is 24.4 Å². The van der Waals surface area contributed by atoms with Crippen LogP contribution in [0.4, 0.5) is 13.2 Å². The van der Waals surface area contributed by atoms with Crippen LogP contribution in [-0.4, -0.2) is 4.92 Å². The monoisotopic (exact) mass is 251 g/mol. The molecule has 86 valence electrons. The second-order valence-electron chi connectivity index (χ2n) is 2.84. The molecule has 0 aliphatic rings. The van der Waals surface area contributed by atoms with E-state index in [-0.39, 0.29) is 5.56 Å². The quantitative estimate of drug-likeness (QED) is 0.595. The van der Waals surface area contributed by atoms with Gasteiger partial charge in [0.1, 0.15) is 0 Å². The molecule has 0 bridgehead atoms. The van der Waals surface area contributed by atoms with Gasteiger partial charge in [-0.15, -0.1) is 0 Å². The molecule has 1 aromatic rings. The van der Waals surface area contributed by atoms with Crippen LogP contribution < -0.4 is 0 Å². The van der Waals surface area contributed by atoms with Crippen LogP contribution in [0.2, 0.25) is 5.02 Å². The summed E-state index contributed by atoms with van der Waals surface area (Å²) in [6.07, 6.45) is -2.84. The predicted octanol–water partition coefficient (Wildman–Crippen LogP) is 3.61. The Labute approximate surface area is 93.3 Å². The van der Waals surface area contributed by atoms with Crippen molar-refractivity contribution >= 4 is 17.7 Å². The Kier molecular flexibility index (Phi) is 3.54. The molecule has 0 aromatic heterocycles. The first-order valence-electron chi connectivity index (χ1n) is 3.99. The summed E-state index contributed by atoms with van der Waals surface area (Å²) in [5, 5.41) is 9.50. The van der Waals surface area contributed by atoms with Gasteiger partial charge < -0.3 is 0 Å². The topological polar surface area (TPSA) is 43.1 Å². The zero-order valence-corrected chi connectivity index (χ0v) is 8.42.